The van der Waals surface area contributed by atoms with Crippen LogP contribution in [0.5, 0.6) is 0 Å². The van der Waals surface area contributed by atoms with Crippen molar-refractivity contribution in [3.63, 3.8) is 0 Å². The van der Waals surface area contributed by atoms with Crippen molar-refractivity contribution in [1.29, 1.82) is 0 Å². The van der Waals surface area contributed by atoms with Gasteiger partial charge in [-0.15, -0.1) is 0 Å². The average molecular weight is 225 g/mol. The topological polar surface area (TPSA) is 35.2 Å². The van der Waals surface area contributed by atoms with Crippen LogP contribution in [0.4, 0.5) is 8.78 Å². The smallest absolute Gasteiger partial charge is 0.162 e. The molecular formula is C12H13F2NO. The summed E-state index contributed by atoms with van der Waals surface area (Å²) in [5, 5.41) is 0. The van der Waals surface area contributed by atoms with E-state index < -0.39 is 17.7 Å². The minimum atomic E-state index is -0.842. The van der Waals surface area contributed by atoms with Gasteiger partial charge in [0, 0.05) is 6.42 Å². The van der Waals surface area contributed by atoms with Crippen LogP contribution in [0.1, 0.15) is 12.0 Å². The molecule has 86 valence electrons. The highest BCUT2D eigenvalue weighted by Gasteiger charge is 2.17. The Labute approximate surface area is 92.7 Å². The monoisotopic (exact) mass is 225 g/mol. The van der Waals surface area contributed by atoms with E-state index in [-0.39, 0.29) is 12.0 Å². The van der Waals surface area contributed by atoms with Gasteiger partial charge in [-0.05, 0) is 24.1 Å². The second kappa shape index (κ2) is 4.61. The molecule has 2 rings (SSSR count). The van der Waals surface area contributed by atoms with E-state index in [1.807, 2.05) is 6.08 Å². The zero-order valence-electron chi connectivity index (χ0n) is 8.75. The molecule has 1 unspecified atom stereocenters. The fourth-order valence-corrected chi connectivity index (χ4v) is 1.74. The van der Waals surface area contributed by atoms with Crippen molar-refractivity contribution in [3.8, 4) is 0 Å². The van der Waals surface area contributed by atoms with Crippen molar-refractivity contribution in [2.75, 3.05) is 6.61 Å². The molecule has 1 atom stereocenters. The minimum absolute atomic E-state index is 0.245. The van der Waals surface area contributed by atoms with Crippen molar-refractivity contribution in [3.05, 3.63) is 47.2 Å². The summed E-state index contributed by atoms with van der Waals surface area (Å²) in [6.45, 7) is 0.620. The molecule has 16 heavy (non-hydrogen) atoms. The standard InChI is InChI=1S/C12H13F2NO/c13-9-4-1-3-8(12(9)14)7-10(15)11-5-2-6-16-11/h1,3-5,10H,2,6-7,15H2. The van der Waals surface area contributed by atoms with Gasteiger partial charge in [-0.3, -0.25) is 0 Å². The van der Waals surface area contributed by atoms with Crippen LogP contribution in [0.25, 0.3) is 0 Å². The maximum atomic E-state index is 13.4. The molecule has 1 aromatic carbocycles. The molecule has 1 aliphatic rings. The summed E-state index contributed by atoms with van der Waals surface area (Å²) in [5.41, 5.74) is 6.13. The molecule has 0 aliphatic carbocycles. The molecule has 1 aliphatic heterocycles. The van der Waals surface area contributed by atoms with Crippen molar-refractivity contribution in [2.24, 2.45) is 5.73 Å². The van der Waals surface area contributed by atoms with E-state index in [0.717, 1.165) is 12.5 Å². The van der Waals surface area contributed by atoms with E-state index in [0.29, 0.717) is 12.4 Å². The summed E-state index contributed by atoms with van der Waals surface area (Å²) in [6.07, 6.45) is 2.96. The summed E-state index contributed by atoms with van der Waals surface area (Å²) in [5.74, 6) is -0.994. The lowest BCUT2D eigenvalue weighted by atomic mass is 10.0. The lowest BCUT2D eigenvalue weighted by Gasteiger charge is -2.13. The summed E-state index contributed by atoms with van der Waals surface area (Å²) < 4.78 is 31.6. The van der Waals surface area contributed by atoms with Crippen LogP contribution >= 0.6 is 0 Å². The minimum Gasteiger partial charge on any atom is -0.496 e. The Morgan fingerprint density at radius 1 is 1.38 bits per heavy atom. The zero-order chi connectivity index (χ0) is 11.5. The summed E-state index contributed by atoms with van der Waals surface area (Å²) in [6, 6.07) is 3.70. The highest BCUT2D eigenvalue weighted by molar-refractivity contribution is 5.22. The van der Waals surface area contributed by atoms with E-state index >= 15 is 0 Å². The number of benzene rings is 1. The van der Waals surface area contributed by atoms with Crippen LogP contribution < -0.4 is 5.73 Å². The Kier molecular flexibility index (Phi) is 3.19. The van der Waals surface area contributed by atoms with E-state index in [1.165, 1.54) is 12.1 Å². The Morgan fingerprint density at radius 3 is 2.88 bits per heavy atom. The van der Waals surface area contributed by atoms with Gasteiger partial charge in [0.15, 0.2) is 11.6 Å². The van der Waals surface area contributed by atoms with Crippen LogP contribution in [-0.4, -0.2) is 12.6 Å². The highest BCUT2D eigenvalue weighted by atomic mass is 19.2. The van der Waals surface area contributed by atoms with Crippen LogP contribution in [0.2, 0.25) is 0 Å². The molecule has 1 heterocycles. The Bertz CT molecular complexity index is 417. The summed E-state index contributed by atoms with van der Waals surface area (Å²) >= 11 is 0. The van der Waals surface area contributed by atoms with Gasteiger partial charge in [0.2, 0.25) is 0 Å². The fourth-order valence-electron chi connectivity index (χ4n) is 1.74. The second-order valence-electron chi connectivity index (χ2n) is 3.77. The van der Waals surface area contributed by atoms with Crippen LogP contribution in [-0.2, 0) is 11.2 Å². The summed E-state index contributed by atoms with van der Waals surface area (Å²) in [4.78, 5) is 0. The van der Waals surface area contributed by atoms with E-state index in [2.05, 4.69) is 0 Å². The Balaban J connectivity index is 2.11. The maximum Gasteiger partial charge on any atom is 0.162 e. The molecule has 0 fully saturated rings. The van der Waals surface area contributed by atoms with Gasteiger partial charge in [0.1, 0.15) is 5.76 Å². The molecule has 2 N–H and O–H groups in total. The first-order valence-electron chi connectivity index (χ1n) is 5.20. The molecule has 0 aromatic heterocycles. The third-order valence-electron chi connectivity index (χ3n) is 2.57. The van der Waals surface area contributed by atoms with Gasteiger partial charge < -0.3 is 10.5 Å². The van der Waals surface area contributed by atoms with Gasteiger partial charge >= 0.3 is 0 Å². The molecule has 0 spiro atoms. The number of hydrogen-bond donors (Lipinski definition) is 1. The fraction of sp³-hybridized carbons (Fsp3) is 0.333. The molecule has 0 amide bonds. The summed E-state index contributed by atoms with van der Waals surface area (Å²) in [7, 11) is 0. The molecule has 1 aromatic rings. The average Bonchev–Trinajstić information content (AvgIpc) is 2.78. The first-order valence-corrected chi connectivity index (χ1v) is 5.20. The molecular weight excluding hydrogens is 212 g/mol. The predicted molar refractivity (Wildman–Crippen MR) is 56.7 cm³/mol. The zero-order valence-corrected chi connectivity index (χ0v) is 8.75. The maximum absolute atomic E-state index is 13.4. The number of halogens is 2. The molecule has 0 saturated heterocycles. The quantitative estimate of drug-likeness (QED) is 0.855. The molecule has 0 radical (unpaired) electrons. The largest absolute Gasteiger partial charge is 0.496 e. The van der Waals surface area contributed by atoms with Gasteiger partial charge in [-0.2, -0.15) is 0 Å². The lowest BCUT2D eigenvalue weighted by molar-refractivity contribution is 0.224. The van der Waals surface area contributed by atoms with Crippen LogP contribution in [0, 0.1) is 11.6 Å². The third-order valence-corrected chi connectivity index (χ3v) is 2.57. The molecule has 0 bridgehead atoms. The van der Waals surface area contributed by atoms with E-state index in [4.69, 9.17) is 10.5 Å². The molecule has 4 heteroatoms. The van der Waals surface area contributed by atoms with Crippen molar-refractivity contribution in [1.82, 2.24) is 0 Å². The van der Waals surface area contributed by atoms with Gasteiger partial charge in [-0.1, -0.05) is 12.1 Å². The van der Waals surface area contributed by atoms with Gasteiger partial charge in [0.25, 0.3) is 0 Å². The second-order valence-corrected chi connectivity index (χ2v) is 3.77. The van der Waals surface area contributed by atoms with Crippen molar-refractivity contribution >= 4 is 0 Å². The number of ether oxygens (including phenoxy) is 1. The van der Waals surface area contributed by atoms with Crippen molar-refractivity contribution < 1.29 is 13.5 Å². The SMILES string of the molecule is NC(Cc1cccc(F)c1F)C1=CCCO1. The molecule has 2 nitrogen and oxygen atoms in total. The van der Waals surface area contributed by atoms with E-state index in [1.54, 1.807) is 0 Å². The Hall–Kier alpha value is -1.42. The Morgan fingerprint density at radius 2 is 2.19 bits per heavy atom. The first kappa shape index (κ1) is 11.1. The van der Waals surface area contributed by atoms with E-state index in [9.17, 15) is 8.78 Å². The number of nitrogens with two attached hydrogens (primary N) is 1. The van der Waals surface area contributed by atoms with Crippen molar-refractivity contribution in [2.45, 2.75) is 18.9 Å². The predicted octanol–water partition coefficient (Wildman–Crippen LogP) is 2.14. The van der Waals surface area contributed by atoms with Gasteiger partial charge in [-0.25, -0.2) is 8.78 Å². The number of rotatable bonds is 3. The lowest BCUT2D eigenvalue weighted by Crippen LogP contribution is -2.26. The normalized spacial score (nSPS) is 16.8. The highest BCUT2D eigenvalue weighted by Crippen LogP contribution is 2.18. The third kappa shape index (κ3) is 2.22. The molecule has 0 saturated carbocycles. The van der Waals surface area contributed by atoms with Gasteiger partial charge in [0.05, 0.1) is 12.6 Å². The number of hydrogen-bond acceptors (Lipinski definition) is 2. The first-order chi connectivity index (χ1) is 7.68. The van der Waals surface area contributed by atoms with Crippen LogP contribution in [0.3, 0.4) is 0 Å². The van der Waals surface area contributed by atoms with Crippen LogP contribution in [0.15, 0.2) is 30.0 Å².